The van der Waals surface area contributed by atoms with Crippen molar-refractivity contribution in [3.8, 4) is 11.3 Å². The molecule has 4 aromatic rings. The molecule has 0 spiro atoms. The number of imidazole rings is 1. The molecule has 0 aromatic carbocycles. The topological polar surface area (TPSA) is 78.0 Å². The first-order valence-electron chi connectivity index (χ1n) is 6.96. The van der Waals surface area contributed by atoms with Crippen LogP contribution in [0.25, 0.3) is 16.9 Å². The van der Waals surface area contributed by atoms with Crippen molar-refractivity contribution in [2.45, 2.75) is 6.54 Å². The summed E-state index contributed by atoms with van der Waals surface area (Å²) in [6.07, 6.45) is 9.59. The molecule has 0 saturated heterocycles. The molecule has 0 amide bonds. The van der Waals surface area contributed by atoms with E-state index < -0.39 is 0 Å². The molecule has 0 aliphatic rings. The summed E-state index contributed by atoms with van der Waals surface area (Å²) in [5.74, 6) is 0. The number of fused-ring (bicyclic) bond motifs is 1. The van der Waals surface area contributed by atoms with Gasteiger partial charge in [0.25, 0.3) is 0 Å². The van der Waals surface area contributed by atoms with Gasteiger partial charge in [0.05, 0.1) is 12.2 Å². The number of aldehydes is 1. The van der Waals surface area contributed by atoms with Crippen molar-refractivity contribution in [3.05, 3.63) is 66.5 Å². The predicted molar refractivity (Wildman–Crippen MR) is 81.8 cm³/mol. The quantitative estimate of drug-likeness (QED) is 0.390. The average Bonchev–Trinajstić information content (AvgIpc) is 3.21. The van der Waals surface area contributed by atoms with Crippen LogP contribution in [0.1, 0.15) is 16.1 Å². The summed E-state index contributed by atoms with van der Waals surface area (Å²) < 4.78 is 3.54. The summed E-state index contributed by atoms with van der Waals surface area (Å²) in [5, 5.41) is 8.25. The molecule has 7 nitrogen and oxygen atoms in total. The molecule has 4 rings (SSSR count). The third-order valence-electron chi connectivity index (χ3n) is 3.42. The largest absolute Gasteiger partial charge is 0.306 e. The van der Waals surface area contributed by atoms with Gasteiger partial charge in [-0.25, -0.2) is 21.8 Å². The van der Waals surface area contributed by atoms with E-state index in [4.69, 9.17) is 0 Å². The van der Waals surface area contributed by atoms with Crippen LogP contribution in [0, 0.1) is 6.07 Å². The van der Waals surface area contributed by atoms with Gasteiger partial charge in [-0.2, -0.15) is 5.10 Å². The minimum Gasteiger partial charge on any atom is -0.306 e. The molecule has 24 heavy (non-hydrogen) atoms. The minimum atomic E-state index is 0. The van der Waals surface area contributed by atoms with Crippen LogP contribution in [-0.4, -0.2) is 35.6 Å². The fraction of sp³-hybridized carbons (Fsp3) is 0.0625. The van der Waals surface area contributed by atoms with Crippen LogP contribution in [0.5, 0.6) is 0 Å². The Hall–Kier alpha value is -2.25. The Kier molecular flexibility index (Phi) is 4.92. The molecule has 0 unspecified atom stereocenters. The summed E-state index contributed by atoms with van der Waals surface area (Å²) in [5.41, 5.74) is 3.83. The number of hydrogen-bond acceptors (Lipinski definition) is 5. The first-order chi connectivity index (χ1) is 11.3. The van der Waals surface area contributed by atoms with Crippen LogP contribution in [0.2, 0.25) is 0 Å². The molecule has 0 fully saturated rings. The molecule has 0 saturated carbocycles. The fourth-order valence-electron chi connectivity index (χ4n) is 2.35. The van der Waals surface area contributed by atoms with Crippen molar-refractivity contribution >= 4 is 11.9 Å². The first-order valence-corrected chi connectivity index (χ1v) is 6.96. The predicted octanol–water partition coefficient (Wildman–Crippen LogP) is 1.65. The molecular weight excluding hydrogens is 381 g/mol. The molecular formula is C16H11N6OY-. The zero-order chi connectivity index (χ0) is 15.6. The van der Waals surface area contributed by atoms with Crippen LogP contribution in [0.15, 0.2) is 49.2 Å². The van der Waals surface area contributed by atoms with E-state index >= 15 is 0 Å². The van der Waals surface area contributed by atoms with Crippen LogP contribution < -0.4 is 0 Å². The van der Waals surface area contributed by atoms with Gasteiger partial charge < -0.3 is 9.38 Å². The third kappa shape index (κ3) is 3.32. The summed E-state index contributed by atoms with van der Waals surface area (Å²) in [7, 11) is 0. The van der Waals surface area contributed by atoms with Gasteiger partial charge in [0.2, 0.25) is 0 Å². The second-order valence-electron chi connectivity index (χ2n) is 5.05. The third-order valence-corrected chi connectivity index (χ3v) is 3.42. The van der Waals surface area contributed by atoms with Crippen molar-refractivity contribution in [1.82, 2.24) is 29.4 Å². The maximum atomic E-state index is 10.8. The van der Waals surface area contributed by atoms with Crippen molar-refractivity contribution in [2.75, 3.05) is 0 Å². The van der Waals surface area contributed by atoms with Gasteiger partial charge in [-0.3, -0.25) is 4.79 Å². The molecule has 0 aliphatic heterocycles. The number of rotatable bonds is 4. The SMILES string of the molecule is O=Cc1ccc2nc(Cn3cc(-c4c[c-]cnc4)nn3)cn2c1.[Y]. The van der Waals surface area contributed by atoms with Crippen molar-refractivity contribution in [2.24, 2.45) is 0 Å². The number of nitrogens with zero attached hydrogens (tertiary/aromatic N) is 6. The van der Waals surface area contributed by atoms with Crippen LogP contribution in [-0.2, 0) is 39.3 Å². The molecule has 0 aliphatic carbocycles. The van der Waals surface area contributed by atoms with Gasteiger partial charge >= 0.3 is 0 Å². The first kappa shape index (κ1) is 16.6. The Labute approximate surface area is 162 Å². The number of hydrogen-bond donors (Lipinski definition) is 0. The molecule has 4 aromatic heterocycles. The van der Waals surface area contributed by atoms with Gasteiger partial charge in [-0.05, 0) is 18.3 Å². The molecule has 0 bridgehead atoms. The van der Waals surface area contributed by atoms with Crippen molar-refractivity contribution < 1.29 is 37.5 Å². The molecule has 8 heteroatoms. The van der Waals surface area contributed by atoms with E-state index in [1.165, 1.54) is 0 Å². The van der Waals surface area contributed by atoms with Gasteiger partial charge in [-0.15, -0.1) is 5.56 Å². The second-order valence-corrected chi connectivity index (χ2v) is 5.05. The van der Waals surface area contributed by atoms with E-state index in [1.807, 2.05) is 28.9 Å². The normalized spacial score (nSPS) is 10.5. The molecule has 115 valence electrons. The summed E-state index contributed by atoms with van der Waals surface area (Å²) in [6, 6.07) is 8.28. The summed E-state index contributed by atoms with van der Waals surface area (Å²) >= 11 is 0. The maximum Gasteiger partial charge on any atom is 0.151 e. The van der Waals surface area contributed by atoms with Crippen molar-refractivity contribution in [3.63, 3.8) is 0 Å². The van der Waals surface area contributed by atoms with E-state index in [0.717, 1.165) is 28.9 Å². The number of carbonyl (C=O) groups excluding carboxylic acids is 1. The van der Waals surface area contributed by atoms with Gasteiger partial charge in [0.1, 0.15) is 5.65 Å². The average molecular weight is 392 g/mol. The number of aromatic nitrogens is 6. The molecule has 0 N–H and O–H groups in total. The fourth-order valence-corrected chi connectivity index (χ4v) is 2.35. The maximum absolute atomic E-state index is 10.8. The van der Waals surface area contributed by atoms with Gasteiger partial charge in [-0.1, -0.05) is 11.4 Å². The Morgan fingerprint density at radius 3 is 2.92 bits per heavy atom. The smallest absolute Gasteiger partial charge is 0.151 e. The minimum absolute atomic E-state index is 0. The second kappa shape index (κ2) is 7.11. The van der Waals surface area contributed by atoms with E-state index in [2.05, 4.69) is 26.3 Å². The number of pyridine rings is 2. The van der Waals surface area contributed by atoms with Gasteiger partial charge in [0, 0.05) is 62.6 Å². The Bertz CT molecular complexity index is 979. The Morgan fingerprint density at radius 1 is 1.21 bits per heavy atom. The van der Waals surface area contributed by atoms with Crippen LogP contribution in [0.3, 0.4) is 0 Å². The van der Waals surface area contributed by atoms with E-state index in [-0.39, 0.29) is 32.7 Å². The van der Waals surface area contributed by atoms with E-state index in [1.54, 1.807) is 29.3 Å². The summed E-state index contributed by atoms with van der Waals surface area (Å²) in [6.45, 7) is 0.495. The zero-order valence-corrected chi connectivity index (χ0v) is 15.4. The summed E-state index contributed by atoms with van der Waals surface area (Å²) in [4.78, 5) is 19.3. The Balaban J connectivity index is 0.00000169. The monoisotopic (exact) mass is 392 g/mol. The molecule has 0 atom stereocenters. The molecule has 1 radical (unpaired) electrons. The Morgan fingerprint density at radius 2 is 2.12 bits per heavy atom. The van der Waals surface area contributed by atoms with E-state index in [9.17, 15) is 4.79 Å². The zero-order valence-electron chi connectivity index (χ0n) is 12.6. The van der Waals surface area contributed by atoms with Gasteiger partial charge in [0.15, 0.2) is 6.29 Å². The van der Waals surface area contributed by atoms with Crippen molar-refractivity contribution in [1.29, 1.82) is 0 Å². The molecule has 4 heterocycles. The van der Waals surface area contributed by atoms with E-state index in [0.29, 0.717) is 12.1 Å². The van der Waals surface area contributed by atoms with Crippen LogP contribution in [0.4, 0.5) is 0 Å². The van der Waals surface area contributed by atoms with Crippen LogP contribution >= 0.6 is 0 Å². The number of carbonyl (C=O) groups is 1. The standard InChI is InChI=1S/C16H11N6O.Y/c23-11-12-3-4-16-18-14(8-21(16)7-12)9-22-10-15(19-20-22)13-2-1-5-17-6-13;/h2-8,10-11H,9H2;/q-1;.